The smallest absolute Gasteiger partial charge is 0.497 e. The summed E-state index contributed by atoms with van der Waals surface area (Å²) in [6.45, 7) is -4.44. The number of methoxy groups -OCH3 is 2. The number of aliphatic imine (C=N–C) groups is 1. The van der Waals surface area contributed by atoms with E-state index >= 15 is 8.63 Å². The maximum absolute atomic E-state index is 17.8. The van der Waals surface area contributed by atoms with Crippen molar-refractivity contribution >= 4 is 52.5 Å². The molecule has 2 aromatic heterocycles. The molecule has 0 bridgehead atoms. The highest BCUT2D eigenvalue weighted by Crippen LogP contribution is 2.50. The van der Waals surface area contributed by atoms with Crippen LogP contribution in [0.5, 0.6) is 11.5 Å². The summed E-state index contributed by atoms with van der Waals surface area (Å²) in [5.41, 5.74) is 7.17. The monoisotopic (exact) mass is 710 g/mol. The van der Waals surface area contributed by atoms with Gasteiger partial charge in [0, 0.05) is 38.4 Å². The lowest BCUT2D eigenvalue weighted by atomic mass is 9.83. The number of hydrogen-bond acceptors (Lipinski definition) is 4. The number of ether oxygens (including phenoxy) is 2. The molecule has 0 N–H and O–H groups in total. The Bertz CT molecular complexity index is 2110. The van der Waals surface area contributed by atoms with E-state index in [4.69, 9.17) is 14.5 Å². The lowest BCUT2D eigenvalue weighted by Gasteiger charge is -2.33. The second-order valence-corrected chi connectivity index (χ2v) is 12.3. The molecule has 45 heavy (non-hydrogen) atoms. The van der Waals surface area contributed by atoms with Crippen LogP contribution >= 0.6 is 22.6 Å². The third-order valence-corrected chi connectivity index (χ3v) is 9.87. The molecule has 2 aliphatic heterocycles. The van der Waals surface area contributed by atoms with E-state index in [2.05, 4.69) is 27.6 Å². The molecule has 0 unspecified atom stereocenters. The maximum Gasteiger partial charge on any atom is 0.642 e. The molecule has 6 nitrogen and oxygen atoms in total. The standard InChI is InChI=1S/C35H26BF2IN4O2/c1-44-25-13-10-22(11-14-25)32-31(39)30(24-9-6-18-40-20-24)35-41-34-29(21-7-4-3-5-8-21)28-16-12-23-19-26(45-2)15-17-27(23)33(28)43(34)36(37,38)42(32)35/h3-11,13-15,17-20H,12,16H2,1-2H3. The van der Waals surface area contributed by atoms with E-state index in [0.717, 1.165) is 37.9 Å². The average molecular weight is 710 g/mol. The molecule has 0 saturated carbocycles. The molecule has 3 aromatic carbocycles. The van der Waals surface area contributed by atoms with E-state index in [0.29, 0.717) is 50.4 Å². The summed E-state index contributed by atoms with van der Waals surface area (Å²) < 4.78 is 49.5. The number of fused-ring (bicyclic) bond motifs is 5. The molecule has 0 atom stereocenters. The molecule has 10 heteroatoms. The third kappa shape index (κ3) is 4.14. The predicted octanol–water partition coefficient (Wildman–Crippen LogP) is 8.02. The van der Waals surface area contributed by atoms with Gasteiger partial charge >= 0.3 is 6.97 Å². The minimum atomic E-state index is -4.44. The molecule has 222 valence electrons. The molecule has 4 heterocycles. The van der Waals surface area contributed by atoms with Gasteiger partial charge in [0.25, 0.3) is 5.84 Å². The van der Waals surface area contributed by atoms with Crippen molar-refractivity contribution in [3.8, 4) is 33.9 Å². The Morgan fingerprint density at radius 1 is 0.844 bits per heavy atom. The van der Waals surface area contributed by atoms with Crippen molar-refractivity contribution in [2.24, 2.45) is 4.99 Å². The zero-order chi connectivity index (χ0) is 30.9. The summed E-state index contributed by atoms with van der Waals surface area (Å²) in [6.07, 6.45) is 4.70. The molecular formula is C35H26BF2IN4O2. The van der Waals surface area contributed by atoms with E-state index in [1.165, 1.54) is 4.49 Å². The molecule has 0 radical (unpaired) electrons. The van der Waals surface area contributed by atoms with Gasteiger partial charge in [0.15, 0.2) is 0 Å². The molecule has 8 rings (SSSR count). The number of nitrogens with zero attached hydrogens (tertiary/aromatic N) is 4. The van der Waals surface area contributed by atoms with Crippen LogP contribution in [0.15, 0.2) is 108 Å². The number of aryl methyl sites for hydroxylation is 1. The van der Waals surface area contributed by atoms with Gasteiger partial charge in [-0.15, -0.1) is 0 Å². The van der Waals surface area contributed by atoms with Crippen LogP contribution in [0.1, 0.15) is 23.1 Å². The number of halogens is 3. The second-order valence-electron chi connectivity index (χ2n) is 11.2. The van der Waals surface area contributed by atoms with E-state index < -0.39 is 6.97 Å². The Balaban J connectivity index is 1.49. The minimum Gasteiger partial charge on any atom is -0.497 e. The van der Waals surface area contributed by atoms with Crippen LogP contribution in [0.3, 0.4) is 0 Å². The van der Waals surface area contributed by atoms with Crippen LogP contribution in [0, 0.1) is 3.57 Å². The van der Waals surface area contributed by atoms with Crippen LogP contribution in [-0.2, 0) is 6.42 Å². The van der Waals surface area contributed by atoms with Gasteiger partial charge in [-0.1, -0.05) is 36.4 Å². The van der Waals surface area contributed by atoms with Gasteiger partial charge in [-0.3, -0.25) is 4.98 Å². The quantitative estimate of drug-likeness (QED) is 0.137. The van der Waals surface area contributed by atoms with Crippen molar-refractivity contribution in [3.63, 3.8) is 0 Å². The number of benzene rings is 3. The fourth-order valence-electron chi connectivity index (χ4n) is 6.83. The van der Waals surface area contributed by atoms with Crippen molar-refractivity contribution < 1.29 is 22.6 Å². The van der Waals surface area contributed by atoms with Crippen LogP contribution in [0.25, 0.3) is 28.0 Å². The zero-order valence-electron chi connectivity index (χ0n) is 24.5. The third-order valence-electron chi connectivity index (χ3n) is 8.82. The largest absolute Gasteiger partial charge is 0.642 e. The predicted molar refractivity (Wildman–Crippen MR) is 182 cm³/mol. The van der Waals surface area contributed by atoms with Gasteiger partial charge in [0.05, 0.1) is 31.1 Å². The Labute approximate surface area is 272 Å². The first kappa shape index (κ1) is 27.9. The molecular weight excluding hydrogens is 684 g/mol. The van der Waals surface area contributed by atoms with E-state index in [1.54, 1.807) is 38.7 Å². The normalized spacial score (nSPS) is 16.1. The average Bonchev–Trinajstić information content (AvgIpc) is 3.58. The van der Waals surface area contributed by atoms with Gasteiger partial charge < -0.3 is 27.1 Å². The summed E-state index contributed by atoms with van der Waals surface area (Å²) >= 11 is 2.19. The van der Waals surface area contributed by atoms with Gasteiger partial charge in [-0.25, -0.2) is 0 Å². The van der Waals surface area contributed by atoms with Crippen molar-refractivity contribution in [2.75, 3.05) is 14.2 Å². The Morgan fingerprint density at radius 2 is 1.58 bits per heavy atom. The Kier molecular flexibility index (Phi) is 6.52. The number of rotatable bonds is 5. The fraction of sp³-hybridized carbons (Fsp3) is 0.114. The first-order valence-electron chi connectivity index (χ1n) is 14.6. The van der Waals surface area contributed by atoms with Gasteiger partial charge in [-0.05, 0) is 106 Å². The first-order chi connectivity index (χ1) is 21.9. The van der Waals surface area contributed by atoms with E-state index in [-0.39, 0.29) is 11.7 Å². The maximum atomic E-state index is 17.8. The number of hydrogen-bond donors (Lipinski definition) is 0. The molecule has 0 saturated heterocycles. The lowest BCUT2D eigenvalue weighted by molar-refractivity contribution is -0.291. The highest BCUT2D eigenvalue weighted by molar-refractivity contribution is 14.1. The number of allylic oxidation sites excluding steroid dienone is 1. The molecule has 1 aliphatic carbocycles. The number of aromatic nitrogens is 2. The Morgan fingerprint density at radius 3 is 2.29 bits per heavy atom. The topological polar surface area (TPSA) is 51.7 Å². The summed E-state index contributed by atoms with van der Waals surface area (Å²) in [5.74, 6) is 1.85. The summed E-state index contributed by atoms with van der Waals surface area (Å²) in [4.78, 5) is 9.51. The highest BCUT2D eigenvalue weighted by Gasteiger charge is 2.56. The molecule has 3 aliphatic rings. The number of amidine groups is 1. The molecule has 0 amide bonds. The van der Waals surface area contributed by atoms with Crippen molar-refractivity contribution in [1.82, 2.24) is 9.46 Å². The van der Waals surface area contributed by atoms with Crippen molar-refractivity contribution in [3.05, 3.63) is 123 Å². The first-order valence-corrected chi connectivity index (χ1v) is 15.7. The fourth-order valence-corrected chi connectivity index (χ4v) is 7.96. The van der Waals surface area contributed by atoms with Crippen LogP contribution in [-0.4, -0.2) is 46.7 Å². The van der Waals surface area contributed by atoms with Crippen LogP contribution in [0.4, 0.5) is 14.4 Å². The summed E-state index contributed by atoms with van der Waals surface area (Å²) in [6, 6.07) is 26.4. The van der Waals surface area contributed by atoms with Crippen LogP contribution < -0.4 is 9.47 Å². The highest BCUT2D eigenvalue weighted by atomic mass is 127. The van der Waals surface area contributed by atoms with Gasteiger partial charge in [0.2, 0.25) is 5.82 Å². The molecule has 0 fully saturated rings. The summed E-state index contributed by atoms with van der Waals surface area (Å²) in [5, 5.41) is 0. The number of pyridine rings is 1. The van der Waals surface area contributed by atoms with Gasteiger partial charge in [0.1, 0.15) is 11.5 Å². The zero-order valence-corrected chi connectivity index (χ0v) is 26.6. The molecule has 5 aromatic rings. The SMILES string of the molecule is COc1ccc(-c2c(I)c(-c3cccnc3)c3n2[B-](F)(F)[N+]2=C4C(=C(c5ccccc5)C2=N3)CCc2cc(OC)ccc24)cc1. The van der Waals surface area contributed by atoms with Crippen LogP contribution in [0.2, 0.25) is 0 Å². The van der Waals surface area contributed by atoms with Gasteiger partial charge in [-0.2, -0.15) is 0 Å². The van der Waals surface area contributed by atoms with E-state index in [1.807, 2.05) is 72.8 Å². The van der Waals surface area contributed by atoms with Crippen molar-refractivity contribution in [1.29, 1.82) is 0 Å². The van der Waals surface area contributed by atoms with Crippen molar-refractivity contribution in [2.45, 2.75) is 12.8 Å². The minimum absolute atomic E-state index is 0.220. The second kappa shape index (κ2) is 10.5. The molecule has 0 spiro atoms. The lowest BCUT2D eigenvalue weighted by Crippen LogP contribution is -2.53. The Hall–Kier alpha value is -4.58. The van der Waals surface area contributed by atoms with E-state index in [9.17, 15) is 0 Å². The summed E-state index contributed by atoms with van der Waals surface area (Å²) in [7, 11) is 3.21.